The van der Waals surface area contributed by atoms with Crippen molar-refractivity contribution < 1.29 is 4.39 Å². The topological polar surface area (TPSA) is 29.9 Å². The van der Waals surface area contributed by atoms with Crippen LogP contribution in [0.1, 0.15) is 29.4 Å². The van der Waals surface area contributed by atoms with Gasteiger partial charge in [-0.15, -0.1) is 0 Å². The highest BCUT2D eigenvalue weighted by Crippen LogP contribution is 2.37. The van der Waals surface area contributed by atoms with Gasteiger partial charge in [-0.1, -0.05) is 12.1 Å². The number of benzene rings is 1. The Morgan fingerprint density at radius 2 is 2.21 bits per heavy atom. The molecule has 0 bridgehead atoms. The second-order valence-electron chi connectivity index (χ2n) is 5.21. The molecule has 0 radical (unpaired) electrons. The minimum absolute atomic E-state index is 0.159. The summed E-state index contributed by atoms with van der Waals surface area (Å²) in [6.07, 6.45) is 5.07. The van der Waals surface area contributed by atoms with E-state index in [-0.39, 0.29) is 5.82 Å². The SMILES string of the molecule is Cn1cc(C2CCNCC2c2cccc(F)c2)cn1. The third-order valence-electron chi connectivity index (χ3n) is 3.91. The van der Waals surface area contributed by atoms with Crippen LogP contribution in [0.15, 0.2) is 36.7 Å². The monoisotopic (exact) mass is 259 g/mol. The van der Waals surface area contributed by atoms with Crippen LogP contribution in [0.4, 0.5) is 4.39 Å². The maximum absolute atomic E-state index is 13.4. The average molecular weight is 259 g/mol. The Morgan fingerprint density at radius 1 is 1.32 bits per heavy atom. The lowest BCUT2D eigenvalue weighted by atomic mass is 9.78. The number of rotatable bonds is 2. The molecule has 1 fully saturated rings. The van der Waals surface area contributed by atoms with Gasteiger partial charge in [0.2, 0.25) is 0 Å². The summed E-state index contributed by atoms with van der Waals surface area (Å²) >= 11 is 0. The smallest absolute Gasteiger partial charge is 0.123 e. The van der Waals surface area contributed by atoms with Gasteiger partial charge in [-0.3, -0.25) is 4.68 Å². The van der Waals surface area contributed by atoms with Crippen molar-refractivity contribution >= 4 is 0 Å². The third kappa shape index (κ3) is 2.54. The van der Waals surface area contributed by atoms with Crippen LogP contribution in [-0.2, 0) is 7.05 Å². The Kier molecular flexibility index (Phi) is 3.34. The standard InChI is InChI=1S/C15H18FN3/c1-19-10-12(8-18-19)14-5-6-17-9-15(14)11-3-2-4-13(16)7-11/h2-4,7-8,10,14-15,17H,5-6,9H2,1H3. The fraction of sp³-hybridized carbons (Fsp3) is 0.400. The Labute approximate surface area is 112 Å². The molecule has 1 aromatic heterocycles. The van der Waals surface area contributed by atoms with E-state index in [1.54, 1.807) is 12.1 Å². The van der Waals surface area contributed by atoms with E-state index in [2.05, 4.69) is 16.6 Å². The van der Waals surface area contributed by atoms with Crippen LogP contribution in [0, 0.1) is 5.82 Å². The van der Waals surface area contributed by atoms with Crippen molar-refractivity contribution in [1.29, 1.82) is 0 Å². The molecule has 1 aromatic carbocycles. The zero-order chi connectivity index (χ0) is 13.2. The zero-order valence-corrected chi connectivity index (χ0v) is 11.0. The molecule has 100 valence electrons. The molecule has 3 nitrogen and oxygen atoms in total. The van der Waals surface area contributed by atoms with E-state index in [1.165, 1.54) is 11.6 Å². The molecular weight excluding hydrogens is 241 g/mol. The Balaban J connectivity index is 1.93. The molecule has 0 saturated carbocycles. The van der Waals surface area contributed by atoms with Crippen molar-refractivity contribution in [3.63, 3.8) is 0 Å². The van der Waals surface area contributed by atoms with Crippen LogP contribution in [0.2, 0.25) is 0 Å². The van der Waals surface area contributed by atoms with Crippen molar-refractivity contribution in [3.05, 3.63) is 53.6 Å². The second-order valence-corrected chi connectivity index (χ2v) is 5.21. The van der Waals surface area contributed by atoms with E-state index in [0.717, 1.165) is 25.1 Å². The molecule has 2 atom stereocenters. The lowest BCUT2D eigenvalue weighted by Crippen LogP contribution is -2.33. The Morgan fingerprint density at radius 3 is 2.95 bits per heavy atom. The van der Waals surface area contributed by atoms with E-state index in [4.69, 9.17) is 0 Å². The predicted molar refractivity (Wildman–Crippen MR) is 72.6 cm³/mol. The molecular formula is C15H18FN3. The lowest BCUT2D eigenvalue weighted by molar-refractivity contribution is 0.403. The predicted octanol–water partition coefficient (Wildman–Crippen LogP) is 2.42. The molecule has 2 heterocycles. The third-order valence-corrected chi connectivity index (χ3v) is 3.91. The first-order chi connectivity index (χ1) is 9.24. The van der Waals surface area contributed by atoms with Gasteiger partial charge >= 0.3 is 0 Å². The van der Waals surface area contributed by atoms with E-state index in [9.17, 15) is 4.39 Å². The van der Waals surface area contributed by atoms with Gasteiger partial charge < -0.3 is 5.32 Å². The van der Waals surface area contributed by atoms with E-state index in [0.29, 0.717) is 11.8 Å². The number of piperidine rings is 1. The molecule has 1 N–H and O–H groups in total. The molecule has 19 heavy (non-hydrogen) atoms. The van der Waals surface area contributed by atoms with Crippen molar-refractivity contribution in [1.82, 2.24) is 15.1 Å². The highest BCUT2D eigenvalue weighted by molar-refractivity contribution is 5.28. The van der Waals surface area contributed by atoms with Gasteiger partial charge in [-0.2, -0.15) is 5.10 Å². The van der Waals surface area contributed by atoms with E-state index >= 15 is 0 Å². The Bertz CT molecular complexity index is 564. The van der Waals surface area contributed by atoms with Gasteiger partial charge in [-0.25, -0.2) is 4.39 Å². The molecule has 2 unspecified atom stereocenters. The summed E-state index contributed by atoms with van der Waals surface area (Å²) in [4.78, 5) is 0. The first-order valence-corrected chi connectivity index (χ1v) is 6.69. The number of halogens is 1. The van der Waals surface area contributed by atoms with Crippen LogP contribution in [0.25, 0.3) is 0 Å². The summed E-state index contributed by atoms with van der Waals surface area (Å²) in [5.74, 6) is 0.568. The fourth-order valence-electron chi connectivity index (χ4n) is 2.98. The average Bonchev–Trinajstić information content (AvgIpc) is 2.85. The molecule has 0 spiro atoms. The van der Waals surface area contributed by atoms with Gasteiger partial charge in [-0.05, 0) is 42.1 Å². The van der Waals surface area contributed by atoms with Crippen LogP contribution in [-0.4, -0.2) is 22.9 Å². The van der Waals surface area contributed by atoms with Crippen LogP contribution < -0.4 is 5.32 Å². The summed E-state index contributed by atoms with van der Waals surface area (Å²) < 4.78 is 15.3. The highest BCUT2D eigenvalue weighted by atomic mass is 19.1. The molecule has 2 aromatic rings. The van der Waals surface area contributed by atoms with Gasteiger partial charge in [0.25, 0.3) is 0 Å². The molecule has 0 amide bonds. The highest BCUT2D eigenvalue weighted by Gasteiger charge is 2.28. The largest absolute Gasteiger partial charge is 0.316 e. The summed E-state index contributed by atoms with van der Waals surface area (Å²) in [7, 11) is 1.93. The summed E-state index contributed by atoms with van der Waals surface area (Å²) in [6, 6.07) is 6.96. The van der Waals surface area contributed by atoms with Crippen molar-refractivity contribution in [2.45, 2.75) is 18.3 Å². The van der Waals surface area contributed by atoms with Crippen molar-refractivity contribution in [2.75, 3.05) is 13.1 Å². The lowest BCUT2D eigenvalue weighted by Gasteiger charge is -2.32. The number of hydrogen-bond acceptors (Lipinski definition) is 2. The van der Waals surface area contributed by atoms with Gasteiger partial charge in [0.1, 0.15) is 5.82 Å². The van der Waals surface area contributed by atoms with E-state index in [1.807, 2.05) is 24.0 Å². The van der Waals surface area contributed by atoms with E-state index < -0.39 is 0 Å². The molecule has 3 rings (SSSR count). The molecule has 1 aliphatic heterocycles. The van der Waals surface area contributed by atoms with Crippen LogP contribution >= 0.6 is 0 Å². The fourth-order valence-corrected chi connectivity index (χ4v) is 2.98. The number of nitrogens with one attached hydrogen (secondary N) is 1. The van der Waals surface area contributed by atoms with Gasteiger partial charge in [0.15, 0.2) is 0 Å². The maximum atomic E-state index is 13.4. The molecule has 0 aliphatic carbocycles. The van der Waals surface area contributed by atoms with Crippen molar-refractivity contribution in [2.24, 2.45) is 7.05 Å². The molecule has 1 aliphatic rings. The normalized spacial score (nSPS) is 23.5. The minimum Gasteiger partial charge on any atom is -0.316 e. The number of aryl methyl sites for hydroxylation is 1. The Hall–Kier alpha value is -1.68. The summed E-state index contributed by atoms with van der Waals surface area (Å²) in [6.45, 7) is 1.90. The number of aromatic nitrogens is 2. The van der Waals surface area contributed by atoms with Gasteiger partial charge in [0.05, 0.1) is 6.20 Å². The minimum atomic E-state index is -0.159. The zero-order valence-electron chi connectivity index (χ0n) is 11.0. The number of nitrogens with zero attached hydrogens (tertiary/aromatic N) is 2. The van der Waals surface area contributed by atoms with Crippen LogP contribution in [0.3, 0.4) is 0 Å². The summed E-state index contributed by atoms with van der Waals surface area (Å²) in [5.41, 5.74) is 2.32. The van der Waals surface area contributed by atoms with Gasteiger partial charge in [0, 0.05) is 25.7 Å². The van der Waals surface area contributed by atoms with Crippen LogP contribution in [0.5, 0.6) is 0 Å². The first kappa shape index (κ1) is 12.4. The quantitative estimate of drug-likeness (QED) is 0.897. The molecule has 4 heteroatoms. The molecule has 1 saturated heterocycles. The number of hydrogen-bond donors (Lipinski definition) is 1. The maximum Gasteiger partial charge on any atom is 0.123 e. The van der Waals surface area contributed by atoms with Crippen molar-refractivity contribution in [3.8, 4) is 0 Å². The first-order valence-electron chi connectivity index (χ1n) is 6.69. The summed E-state index contributed by atoms with van der Waals surface area (Å²) in [5, 5.41) is 7.67. The second kappa shape index (κ2) is 5.13.